The number of hydrogen-bond acceptors (Lipinski definition) is 3. The molecule has 4 nitrogen and oxygen atoms in total. The Morgan fingerprint density at radius 1 is 1.62 bits per heavy atom. The number of carboxylic acid groups (broad SMARTS) is 1. The summed E-state index contributed by atoms with van der Waals surface area (Å²) in [6, 6.07) is 3.43. The number of aliphatic hydroxyl groups excluding tert-OH is 1. The third-order valence-electron chi connectivity index (χ3n) is 1.70. The maximum atomic E-state index is 10.2. The molecule has 1 unspecified atom stereocenters. The second-order valence-corrected chi connectivity index (χ2v) is 2.73. The predicted octanol–water partition coefficient (Wildman–Crippen LogP) is 0.980. The van der Waals surface area contributed by atoms with Gasteiger partial charge < -0.3 is 10.2 Å². The average molecular weight is 181 g/mol. The van der Waals surface area contributed by atoms with Crippen molar-refractivity contribution in [3.8, 4) is 0 Å². The summed E-state index contributed by atoms with van der Waals surface area (Å²) >= 11 is 0. The van der Waals surface area contributed by atoms with Crippen molar-refractivity contribution in [2.24, 2.45) is 0 Å². The van der Waals surface area contributed by atoms with Gasteiger partial charge >= 0.3 is 5.97 Å². The molecule has 0 saturated heterocycles. The molecule has 1 atom stereocenters. The molecule has 0 aromatic carbocycles. The quantitative estimate of drug-likeness (QED) is 0.726. The summed E-state index contributed by atoms with van der Waals surface area (Å²) in [6.45, 7) is 0. The van der Waals surface area contributed by atoms with E-state index in [0.717, 1.165) is 0 Å². The molecular weight excluding hydrogens is 170 g/mol. The van der Waals surface area contributed by atoms with Gasteiger partial charge in [-0.2, -0.15) is 0 Å². The zero-order valence-electron chi connectivity index (χ0n) is 7.05. The second-order valence-electron chi connectivity index (χ2n) is 2.73. The molecule has 0 aliphatic heterocycles. The van der Waals surface area contributed by atoms with Crippen LogP contribution in [0.4, 0.5) is 0 Å². The molecule has 1 aromatic rings. The van der Waals surface area contributed by atoms with Crippen LogP contribution in [0.1, 0.15) is 24.5 Å². The summed E-state index contributed by atoms with van der Waals surface area (Å²) in [5.74, 6) is -0.900. The van der Waals surface area contributed by atoms with Crippen LogP contribution in [0, 0.1) is 0 Å². The normalized spacial score (nSPS) is 12.4. The van der Waals surface area contributed by atoms with Crippen molar-refractivity contribution in [1.29, 1.82) is 0 Å². The van der Waals surface area contributed by atoms with Crippen LogP contribution in [0.15, 0.2) is 24.5 Å². The van der Waals surface area contributed by atoms with Gasteiger partial charge in [0, 0.05) is 18.8 Å². The smallest absolute Gasteiger partial charge is 0.303 e. The van der Waals surface area contributed by atoms with Crippen molar-refractivity contribution in [2.45, 2.75) is 18.9 Å². The van der Waals surface area contributed by atoms with E-state index in [4.69, 9.17) is 5.11 Å². The van der Waals surface area contributed by atoms with E-state index in [0.29, 0.717) is 5.56 Å². The molecule has 0 aliphatic carbocycles. The number of rotatable bonds is 4. The molecule has 0 amide bonds. The Morgan fingerprint density at radius 3 is 2.92 bits per heavy atom. The molecule has 4 heteroatoms. The summed E-state index contributed by atoms with van der Waals surface area (Å²) in [4.78, 5) is 14.0. The van der Waals surface area contributed by atoms with Gasteiger partial charge in [-0.1, -0.05) is 6.07 Å². The van der Waals surface area contributed by atoms with Gasteiger partial charge in [-0.3, -0.25) is 9.78 Å². The van der Waals surface area contributed by atoms with Crippen LogP contribution in [0.5, 0.6) is 0 Å². The maximum Gasteiger partial charge on any atom is 0.303 e. The van der Waals surface area contributed by atoms with E-state index >= 15 is 0 Å². The van der Waals surface area contributed by atoms with E-state index in [9.17, 15) is 9.90 Å². The van der Waals surface area contributed by atoms with Crippen LogP contribution in [-0.2, 0) is 4.79 Å². The van der Waals surface area contributed by atoms with Gasteiger partial charge in [-0.15, -0.1) is 0 Å². The first-order chi connectivity index (χ1) is 6.20. The van der Waals surface area contributed by atoms with E-state index in [1.165, 1.54) is 6.20 Å². The van der Waals surface area contributed by atoms with Gasteiger partial charge in [0.05, 0.1) is 6.10 Å². The number of carboxylic acids is 1. The highest BCUT2D eigenvalue weighted by molar-refractivity contribution is 5.66. The zero-order valence-corrected chi connectivity index (χ0v) is 7.05. The van der Waals surface area contributed by atoms with Crippen molar-refractivity contribution in [3.05, 3.63) is 30.1 Å². The molecule has 1 rings (SSSR count). The van der Waals surface area contributed by atoms with Gasteiger partial charge in [-0.05, 0) is 18.1 Å². The highest BCUT2D eigenvalue weighted by atomic mass is 16.4. The predicted molar refractivity (Wildman–Crippen MR) is 46.1 cm³/mol. The lowest BCUT2D eigenvalue weighted by Crippen LogP contribution is -2.02. The van der Waals surface area contributed by atoms with E-state index in [1.54, 1.807) is 18.3 Å². The fourth-order valence-electron chi connectivity index (χ4n) is 1.000. The number of aliphatic hydroxyl groups is 1. The lowest BCUT2D eigenvalue weighted by molar-refractivity contribution is -0.137. The lowest BCUT2D eigenvalue weighted by atomic mass is 10.1. The minimum Gasteiger partial charge on any atom is -0.481 e. The molecule has 1 heterocycles. The number of carbonyl (C=O) groups is 1. The van der Waals surface area contributed by atoms with E-state index in [2.05, 4.69) is 4.98 Å². The maximum absolute atomic E-state index is 10.2. The fraction of sp³-hybridized carbons (Fsp3) is 0.333. The zero-order chi connectivity index (χ0) is 9.68. The molecule has 0 spiro atoms. The molecular formula is C9H11NO3. The Balaban J connectivity index is 2.49. The molecule has 0 radical (unpaired) electrons. The van der Waals surface area contributed by atoms with Crippen molar-refractivity contribution in [1.82, 2.24) is 4.98 Å². The van der Waals surface area contributed by atoms with Crippen molar-refractivity contribution >= 4 is 5.97 Å². The van der Waals surface area contributed by atoms with Crippen molar-refractivity contribution in [2.75, 3.05) is 0 Å². The summed E-state index contributed by atoms with van der Waals surface area (Å²) < 4.78 is 0. The Bertz CT molecular complexity index is 273. The third-order valence-corrected chi connectivity index (χ3v) is 1.70. The van der Waals surface area contributed by atoms with Gasteiger partial charge in [0.1, 0.15) is 0 Å². The number of hydrogen-bond donors (Lipinski definition) is 2. The number of aromatic nitrogens is 1. The molecule has 0 saturated carbocycles. The van der Waals surface area contributed by atoms with Crippen LogP contribution < -0.4 is 0 Å². The molecule has 13 heavy (non-hydrogen) atoms. The van der Waals surface area contributed by atoms with E-state index in [1.807, 2.05) is 0 Å². The average Bonchev–Trinajstić information content (AvgIpc) is 2.15. The Kier molecular flexibility index (Phi) is 3.40. The van der Waals surface area contributed by atoms with Crippen LogP contribution >= 0.6 is 0 Å². The van der Waals surface area contributed by atoms with Gasteiger partial charge in [0.2, 0.25) is 0 Å². The van der Waals surface area contributed by atoms with Crippen LogP contribution in [-0.4, -0.2) is 21.2 Å². The first kappa shape index (κ1) is 9.67. The molecule has 70 valence electrons. The number of aliphatic carboxylic acids is 1. The fourth-order valence-corrected chi connectivity index (χ4v) is 1.000. The molecule has 1 aromatic heterocycles. The Hall–Kier alpha value is -1.42. The van der Waals surface area contributed by atoms with Gasteiger partial charge in [0.25, 0.3) is 0 Å². The summed E-state index contributed by atoms with van der Waals surface area (Å²) in [6.07, 6.45) is 2.60. The number of pyridine rings is 1. The highest BCUT2D eigenvalue weighted by Crippen LogP contribution is 2.16. The highest BCUT2D eigenvalue weighted by Gasteiger charge is 2.08. The first-order valence-electron chi connectivity index (χ1n) is 4.00. The summed E-state index contributed by atoms with van der Waals surface area (Å²) in [5.41, 5.74) is 0.656. The SMILES string of the molecule is O=C(O)CCC(O)c1cccnc1. The Labute approximate surface area is 75.9 Å². The minimum absolute atomic E-state index is 0.0317. The van der Waals surface area contributed by atoms with Crippen LogP contribution in [0.2, 0.25) is 0 Å². The molecule has 0 aliphatic rings. The van der Waals surface area contributed by atoms with Gasteiger partial charge in [-0.25, -0.2) is 0 Å². The van der Waals surface area contributed by atoms with Crippen molar-refractivity contribution < 1.29 is 15.0 Å². The molecule has 0 fully saturated rings. The van der Waals surface area contributed by atoms with E-state index < -0.39 is 12.1 Å². The van der Waals surface area contributed by atoms with Crippen LogP contribution in [0.3, 0.4) is 0 Å². The largest absolute Gasteiger partial charge is 0.481 e. The van der Waals surface area contributed by atoms with Gasteiger partial charge in [0.15, 0.2) is 0 Å². The topological polar surface area (TPSA) is 70.4 Å². The lowest BCUT2D eigenvalue weighted by Gasteiger charge is -2.07. The minimum atomic E-state index is -0.900. The van der Waals surface area contributed by atoms with Crippen LogP contribution in [0.25, 0.3) is 0 Å². The standard InChI is InChI=1S/C9H11NO3/c11-8(3-4-9(12)13)7-2-1-5-10-6-7/h1-2,5-6,8,11H,3-4H2,(H,12,13). The monoisotopic (exact) mass is 181 g/mol. The molecule has 0 bridgehead atoms. The van der Waals surface area contributed by atoms with Crippen molar-refractivity contribution in [3.63, 3.8) is 0 Å². The summed E-state index contributed by atoms with van der Waals surface area (Å²) in [5, 5.41) is 17.8. The summed E-state index contributed by atoms with van der Waals surface area (Å²) in [7, 11) is 0. The first-order valence-corrected chi connectivity index (χ1v) is 4.00. The van der Waals surface area contributed by atoms with E-state index in [-0.39, 0.29) is 12.8 Å². The third kappa shape index (κ3) is 3.21. The molecule has 2 N–H and O–H groups in total. The number of nitrogens with zero attached hydrogens (tertiary/aromatic N) is 1. The second kappa shape index (κ2) is 4.57. The Morgan fingerprint density at radius 2 is 2.38 bits per heavy atom.